The number of amides is 1. The van der Waals surface area contributed by atoms with Crippen LogP contribution in [0.25, 0.3) is 0 Å². The molecule has 0 radical (unpaired) electrons. The highest BCUT2D eigenvalue weighted by molar-refractivity contribution is 6.30. The van der Waals surface area contributed by atoms with Crippen LogP contribution in [0.1, 0.15) is 22.5 Å². The van der Waals surface area contributed by atoms with Crippen LogP contribution in [0, 0.1) is 6.92 Å². The van der Waals surface area contributed by atoms with Gasteiger partial charge in [-0.15, -0.1) is 0 Å². The van der Waals surface area contributed by atoms with Crippen LogP contribution in [-0.4, -0.2) is 32.3 Å². The zero-order chi connectivity index (χ0) is 16.6. The van der Waals surface area contributed by atoms with Crippen LogP contribution in [0.5, 0.6) is 0 Å². The molecule has 2 aromatic rings. The fraction of sp³-hybridized carbons (Fsp3) is 0.333. The average Bonchev–Trinajstić information content (AvgIpc) is 2.49. The fourth-order valence-corrected chi connectivity index (χ4v) is 2.89. The van der Waals surface area contributed by atoms with Gasteiger partial charge in [0.05, 0.1) is 11.4 Å². The second-order valence-electron chi connectivity index (χ2n) is 5.51. The van der Waals surface area contributed by atoms with E-state index in [2.05, 4.69) is 15.0 Å². The smallest absolute Gasteiger partial charge is 0.325 e. The summed E-state index contributed by atoms with van der Waals surface area (Å²) in [6, 6.07) is 1.81. The number of H-pyrrole nitrogens is 2. The maximum absolute atomic E-state index is 12.5. The topological polar surface area (TPSA) is 98.9 Å². The minimum absolute atomic E-state index is 0.0543. The van der Waals surface area contributed by atoms with Gasteiger partial charge in [-0.3, -0.25) is 19.6 Å². The third kappa shape index (κ3) is 3.19. The molecule has 2 N–H and O–H groups in total. The molecule has 23 heavy (non-hydrogen) atoms. The number of pyridine rings is 1. The Hall–Kier alpha value is -2.41. The van der Waals surface area contributed by atoms with Gasteiger partial charge in [-0.25, -0.2) is 4.79 Å². The zero-order valence-electron chi connectivity index (χ0n) is 12.5. The van der Waals surface area contributed by atoms with E-state index in [9.17, 15) is 14.4 Å². The number of nitrogens with zero attached hydrogens (tertiary/aromatic N) is 2. The van der Waals surface area contributed by atoms with Crippen LogP contribution in [0.3, 0.4) is 0 Å². The number of aromatic nitrogens is 3. The van der Waals surface area contributed by atoms with Crippen molar-refractivity contribution >= 4 is 17.5 Å². The Morgan fingerprint density at radius 3 is 2.91 bits per heavy atom. The predicted octanol–water partition coefficient (Wildman–Crippen LogP) is 0.547. The largest absolute Gasteiger partial charge is 0.338 e. The number of halogens is 1. The lowest BCUT2D eigenvalue weighted by molar-refractivity contribution is -0.131. The van der Waals surface area contributed by atoms with Gasteiger partial charge < -0.3 is 9.88 Å². The summed E-state index contributed by atoms with van der Waals surface area (Å²) in [5.41, 5.74) is 1.46. The van der Waals surface area contributed by atoms with Crippen molar-refractivity contribution in [2.75, 3.05) is 6.54 Å². The first kappa shape index (κ1) is 15.5. The molecule has 0 aliphatic carbocycles. The van der Waals surface area contributed by atoms with Gasteiger partial charge >= 0.3 is 5.69 Å². The normalized spacial score (nSPS) is 13.7. The molecule has 0 atom stereocenters. The first-order chi connectivity index (χ1) is 10.9. The molecule has 0 saturated carbocycles. The van der Waals surface area contributed by atoms with E-state index in [0.29, 0.717) is 30.2 Å². The van der Waals surface area contributed by atoms with Gasteiger partial charge in [0.25, 0.3) is 5.56 Å². The number of nitrogens with one attached hydrogen (secondary N) is 2. The molecule has 120 valence electrons. The fourth-order valence-electron chi connectivity index (χ4n) is 2.71. The van der Waals surface area contributed by atoms with E-state index in [1.807, 2.05) is 0 Å². The van der Waals surface area contributed by atoms with Crippen molar-refractivity contribution < 1.29 is 4.79 Å². The Morgan fingerprint density at radius 1 is 1.39 bits per heavy atom. The molecule has 0 spiro atoms. The summed E-state index contributed by atoms with van der Waals surface area (Å²) in [7, 11) is 0. The van der Waals surface area contributed by atoms with Crippen molar-refractivity contribution in [3.8, 4) is 0 Å². The second-order valence-corrected chi connectivity index (χ2v) is 5.95. The number of hydrogen-bond acceptors (Lipinski definition) is 4. The minimum atomic E-state index is -0.573. The molecule has 0 aromatic carbocycles. The van der Waals surface area contributed by atoms with E-state index < -0.39 is 11.2 Å². The average molecular weight is 335 g/mol. The maximum atomic E-state index is 12.5. The highest BCUT2D eigenvalue weighted by Crippen LogP contribution is 2.20. The Bertz CT molecular complexity index is 887. The van der Waals surface area contributed by atoms with Crippen LogP contribution >= 0.6 is 11.6 Å². The van der Waals surface area contributed by atoms with Crippen molar-refractivity contribution in [2.24, 2.45) is 0 Å². The number of carbonyl (C=O) groups excluding carboxylic acids is 1. The monoisotopic (exact) mass is 334 g/mol. The van der Waals surface area contributed by atoms with Crippen LogP contribution in [0.15, 0.2) is 21.9 Å². The Balaban J connectivity index is 1.80. The van der Waals surface area contributed by atoms with Crippen molar-refractivity contribution in [3.63, 3.8) is 0 Å². The minimum Gasteiger partial charge on any atom is -0.338 e. The van der Waals surface area contributed by atoms with Gasteiger partial charge in [0.15, 0.2) is 0 Å². The SMILES string of the molecule is Cc1[nH]c(=O)[nH]c(=O)c1CC(=O)N1CCc2ncc(Cl)cc2C1. The maximum Gasteiger partial charge on any atom is 0.325 e. The van der Waals surface area contributed by atoms with Crippen LogP contribution in [0.2, 0.25) is 5.02 Å². The number of aryl methyl sites for hydroxylation is 1. The molecule has 7 nitrogen and oxygen atoms in total. The molecule has 8 heteroatoms. The quantitative estimate of drug-likeness (QED) is 0.837. The van der Waals surface area contributed by atoms with Gasteiger partial charge in [0, 0.05) is 42.7 Å². The number of fused-ring (bicyclic) bond motifs is 1. The van der Waals surface area contributed by atoms with Crippen LogP contribution in [-0.2, 0) is 24.2 Å². The standard InChI is InChI=1S/C15H15ClN4O3/c1-8-11(14(22)19-15(23)18-8)5-13(21)20-3-2-12-9(7-20)4-10(16)6-17-12/h4,6H,2-3,5,7H2,1H3,(H2,18,19,22,23). The molecule has 0 saturated heterocycles. The Morgan fingerprint density at radius 2 is 2.17 bits per heavy atom. The van der Waals surface area contributed by atoms with E-state index in [1.54, 1.807) is 24.1 Å². The van der Waals surface area contributed by atoms with Gasteiger partial charge in [0.2, 0.25) is 5.91 Å². The highest BCUT2D eigenvalue weighted by atomic mass is 35.5. The number of rotatable bonds is 2. The van der Waals surface area contributed by atoms with Gasteiger partial charge in [-0.1, -0.05) is 11.6 Å². The van der Waals surface area contributed by atoms with Crippen LogP contribution in [0.4, 0.5) is 0 Å². The lowest BCUT2D eigenvalue weighted by Gasteiger charge is -2.28. The molecule has 0 bridgehead atoms. The zero-order valence-corrected chi connectivity index (χ0v) is 13.2. The first-order valence-electron chi connectivity index (χ1n) is 7.17. The first-order valence-corrected chi connectivity index (χ1v) is 7.55. The summed E-state index contributed by atoms with van der Waals surface area (Å²) in [5.74, 6) is -0.170. The number of aromatic amines is 2. The summed E-state index contributed by atoms with van der Waals surface area (Å²) in [5, 5.41) is 0.533. The number of carbonyl (C=O) groups is 1. The lowest BCUT2D eigenvalue weighted by atomic mass is 10.0. The van der Waals surface area contributed by atoms with E-state index in [-0.39, 0.29) is 17.9 Å². The summed E-state index contributed by atoms with van der Waals surface area (Å²) < 4.78 is 0. The predicted molar refractivity (Wildman–Crippen MR) is 84.5 cm³/mol. The van der Waals surface area contributed by atoms with Crippen molar-refractivity contribution in [2.45, 2.75) is 26.3 Å². The van der Waals surface area contributed by atoms with Gasteiger partial charge in [-0.2, -0.15) is 0 Å². The molecule has 3 heterocycles. The lowest BCUT2D eigenvalue weighted by Crippen LogP contribution is -2.39. The molecule has 0 unspecified atom stereocenters. The molecule has 3 rings (SSSR count). The molecular weight excluding hydrogens is 320 g/mol. The molecule has 2 aromatic heterocycles. The number of hydrogen-bond donors (Lipinski definition) is 2. The molecular formula is C15H15ClN4O3. The molecule has 1 amide bonds. The Kier molecular flexibility index (Phi) is 4.04. The highest BCUT2D eigenvalue weighted by Gasteiger charge is 2.23. The molecule has 1 aliphatic heterocycles. The van der Waals surface area contributed by atoms with Crippen molar-refractivity contribution in [1.29, 1.82) is 0 Å². The third-order valence-electron chi connectivity index (χ3n) is 3.94. The Labute approximate surface area is 136 Å². The van der Waals surface area contributed by atoms with Gasteiger partial charge in [0.1, 0.15) is 0 Å². The summed E-state index contributed by atoms with van der Waals surface area (Å²) >= 11 is 5.94. The van der Waals surface area contributed by atoms with Crippen molar-refractivity contribution in [3.05, 3.63) is 60.6 Å². The summed E-state index contributed by atoms with van der Waals surface area (Å²) in [6.07, 6.45) is 2.20. The third-order valence-corrected chi connectivity index (χ3v) is 4.15. The van der Waals surface area contributed by atoms with E-state index in [0.717, 1.165) is 11.3 Å². The van der Waals surface area contributed by atoms with Crippen LogP contribution < -0.4 is 11.2 Å². The van der Waals surface area contributed by atoms with E-state index in [4.69, 9.17) is 11.6 Å². The van der Waals surface area contributed by atoms with Gasteiger partial charge in [-0.05, 0) is 18.6 Å². The molecule has 0 fully saturated rings. The summed E-state index contributed by atoms with van der Waals surface area (Å²) in [4.78, 5) is 46.1. The second kappa shape index (κ2) is 6.00. The van der Waals surface area contributed by atoms with E-state index in [1.165, 1.54) is 0 Å². The summed E-state index contributed by atoms with van der Waals surface area (Å²) in [6.45, 7) is 2.57. The molecule has 1 aliphatic rings. The van der Waals surface area contributed by atoms with Crippen molar-refractivity contribution in [1.82, 2.24) is 19.9 Å². The van der Waals surface area contributed by atoms with E-state index >= 15 is 0 Å².